The van der Waals surface area contributed by atoms with E-state index in [2.05, 4.69) is 17.4 Å². The molecule has 0 aromatic heterocycles. The Kier molecular flexibility index (Phi) is 5.98. The van der Waals surface area contributed by atoms with Gasteiger partial charge >= 0.3 is 0 Å². The maximum Gasteiger partial charge on any atom is 0.228 e. The number of benzene rings is 2. The van der Waals surface area contributed by atoms with Gasteiger partial charge in [0.1, 0.15) is 5.75 Å². The molecule has 0 spiro atoms. The predicted molar refractivity (Wildman–Crippen MR) is 88.9 cm³/mol. The molecule has 22 heavy (non-hydrogen) atoms. The Morgan fingerprint density at radius 2 is 1.82 bits per heavy atom. The van der Waals surface area contributed by atoms with Crippen molar-refractivity contribution in [2.45, 2.75) is 13.3 Å². The summed E-state index contributed by atoms with van der Waals surface area (Å²) in [6.45, 7) is 2.68. The molecule has 0 bridgehead atoms. The van der Waals surface area contributed by atoms with Crippen LogP contribution >= 0.6 is 0 Å². The Hall–Kier alpha value is -2.33. The minimum atomic E-state index is -0.225. The number of anilines is 1. The molecule has 1 amide bonds. The molecular formula is C18H22N2O2. The average Bonchev–Trinajstić information content (AvgIpc) is 2.56. The van der Waals surface area contributed by atoms with Gasteiger partial charge in [0.15, 0.2) is 0 Å². The quantitative estimate of drug-likeness (QED) is 0.826. The van der Waals surface area contributed by atoms with Crippen molar-refractivity contribution in [2.24, 2.45) is 11.7 Å². The van der Waals surface area contributed by atoms with Gasteiger partial charge in [-0.3, -0.25) is 4.79 Å². The largest absolute Gasteiger partial charge is 0.491 e. The summed E-state index contributed by atoms with van der Waals surface area (Å²) in [5.41, 5.74) is 7.42. The lowest BCUT2D eigenvalue weighted by molar-refractivity contribution is -0.119. The summed E-state index contributed by atoms with van der Waals surface area (Å²) >= 11 is 0. The van der Waals surface area contributed by atoms with E-state index in [1.165, 1.54) is 5.56 Å². The molecule has 1 unspecified atom stereocenters. The van der Waals surface area contributed by atoms with Gasteiger partial charge in [-0.25, -0.2) is 0 Å². The molecule has 0 aliphatic rings. The van der Waals surface area contributed by atoms with Gasteiger partial charge in [0.2, 0.25) is 5.91 Å². The molecule has 1 atom stereocenters. The van der Waals surface area contributed by atoms with E-state index in [4.69, 9.17) is 10.5 Å². The fraction of sp³-hybridized carbons (Fsp3) is 0.278. The zero-order valence-corrected chi connectivity index (χ0v) is 12.8. The maximum atomic E-state index is 11.9. The molecule has 0 saturated heterocycles. The normalized spacial score (nSPS) is 11.7. The number of rotatable bonds is 7. The first kappa shape index (κ1) is 16.0. The molecule has 116 valence electrons. The lowest BCUT2D eigenvalue weighted by atomic mass is 10.1. The first-order chi connectivity index (χ1) is 10.7. The Labute approximate surface area is 131 Å². The highest BCUT2D eigenvalue weighted by Gasteiger charge is 2.13. The summed E-state index contributed by atoms with van der Waals surface area (Å²) in [6.07, 6.45) is 0.822. The van der Waals surface area contributed by atoms with E-state index < -0.39 is 0 Å². The molecule has 0 radical (unpaired) electrons. The van der Waals surface area contributed by atoms with Gasteiger partial charge in [0.25, 0.3) is 0 Å². The standard InChI is InChI=1S/C18H22N2O2/c1-14(13-19)18(21)20-16-9-5-6-10-17(16)22-12-11-15-7-3-2-4-8-15/h2-10,14H,11-13,19H2,1H3,(H,20,21). The Morgan fingerprint density at radius 1 is 1.14 bits per heavy atom. The minimum Gasteiger partial charge on any atom is -0.491 e. The number of hydrogen-bond acceptors (Lipinski definition) is 3. The predicted octanol–water partition coefficient (Wildman–Crippen LogP) is 2.84. The number of para-hydroxylation sites is 2. The number of nitrogens with two attached hydrogens (primary N) is 1. The van der Waals surface area contributed by atoms with E-state index in [9.17, 15) is 4.79 Å². The Morgan fingerprint density at radius 3 is 2.55 bits per heavy atom. The lowest BCUT2D eigenvalue weighted by Crippen LogP contribution is -2.26. The van der Waals surface area contributed by atoms with Gasteiger partial charge in [-0.05, 0) is 17.7 Å². The molecule has 0 saturated carbocycles. The fourth-order valence-electron chi connectivity index (χ4n) is 1.98. The molecule has 3 N–H and O–H groups in total. The summed E-state index contributed by atoms with van der Waals surface area (Å²) in [7, 11) is 0. The number of carbonyl (C=O) groups is 1. The second-order valence-electron chi connectivity index (χ2n) is 5.21. The molecule has 0 heterocycles. The highest BCUT2D eigenvalue weighted by molar-refractivity contribution is 5.93. The third-order valence-corrected chi connectivity index (χ3v) is 3.44. The zero-order valence-electron chi connectivity index (χ0n) is 12.8. The van der Waals surface area contributed by atoms with Crippen molar-refractivity contribution in [3.63, 3.8) is 0 Å². The third kappa shape index (κ3) is 4.60. The van der Waals surface area contributed by atoms with Gasteiger partial charge in [0, 0.05) is 18.9 Å². The van der Waals surface area contributed by atoms with E-state index in [1.807, 2.05) is 42.5 Å². The molecule has 0 aliphatic heterocycles. The molecule has 0 aliphatic carbocycles. The summed E-state index contributed by atoms with van der Waals surface area (Å²) in [6, 6.07) is 17.6. The van der Waals surface area contributed by atoms with Crippen molar-refractivity contribution < 1.29 is 9.53 Å². The number of nitrogens with one attached hydrogen (secondary N) is 1. The highest BCUT2D eigenvalue weighted by Crippen LogP contribution is 2.24. The molecule has 2 aromatic carbocycles. The molecule has 2 aromatic rings. The van der Waals surface area contributed by atoms with E-state index in [1.54, 1.807) is 6.92 Å². The number of carbonyl (C=O) groups excluding carboxylic acids is 1. The van der Waals surface area contributed by atoms with Crippen LogP contribution in [0.25, 0.3) is 0 Å². The van der Waals surface area contributed by atoms with Gasteiger partial charge in [-0.15, -0.1) is 0 Å². The molecule has 2 rings (SSSR count). The Balaban J connectivity index is 1.95. The van der Waals surface area contributed by atoms with Crippen LogP contribution in [-0.2, 0) is 11.2 Å². The topological polar surface area (TPSA) is 64.4 Å². The molecular weight excluding hydrogens is 276 g/mol. The minimum absolute atomic E-state index is 0.0957. The van der Waals surface area contributed by atoms with Crippen LogP contribution in [0, 0.1) is 5.92 Å². The van der Waals surface area contributed by atoms with Crippen molar-refractivity contribution in [3.8, 4) is 5.75 Å². The first-order valence-corrected chi connectivity index (χ1v) is 7.47. The van der Waals surface area contributed by atoms with Crippen LogP contribution in [0.5, 0.6) is 5.75 Å². The second-order valence-corrected chi connectivity index (χ2v) is 5.21. The summed E-state index contributed by atoms with van der Waals surface area (Å²) in [5.74, 6) is 0.356. The average molecular weight is 298 g/mol. The number of amides is 1. The summed E-state index contributed by atoms with van der Waals surface area (Å²) in [4.78, 5) is 11.9. The van der Waals surface area contributed by atoms with Crippen molar-refractivity contribution in [1.82, 2.24) is 0 Å². The molecule has 4 nitrogen and oxygen atoms in total. The fourth-order valence-corrected chi connectivity index (χ4v) is 1.98. The van der Waals surface area contributed by atoms with Gasteiger partial charge in [-0.2, -0.15) is 0 Å². The van der Waals surface area contributed by atoms with Crippen LogP contribution in [0.4, 0.5) is 5.69 Å². The first-order valence-electron chi connectivity index (χ1n) is 7.47. The Bertz CT molecular complexity index is 599. The van der Waals surface area contributed by atoms with Crippen molar-refractivity contribution >= 4 is 11.6 Å². The van der Waals surface area contributed by atoms with Crippen LogP contribution < -0.4 is 15.8 Å². The van der Waals surface area contributed by atoms with Crippen LogP contribution in [0.2, 0.25) is 0 Å². The third-order valence-electron chi connectivity index (χ3n) is 3.44. The number of ether oxygens (including phenoxy) is 1. The maximum absolute atomic E-state index is 11.9. The van der Waals surface area contributed by atoms with Crippen molar-refractivity contribution in [3.05, 3.63) is 60.2 Å². The SMILES string of the molecule is CC(CN)C(=O)Nc1ccccc1OCCc1ccccc1. The van der Waals surface area contributed by atoms with E-state index in [0.29, 0.717) is 24.6 Å². The lowest BCUT2D eigenvalue weighted by Gasteiger charge is -2.14. The summed E-state index contributed by atoms with van der Waals surface area (Å²) in [5, 5.41) is 2.87. The van der Waals surface area contributed by atoms with E-state index >= 15 is 0 Å². The van der Waals surface area contributed by atoms with Gasteiger partial charge in [0.05, 0.1) is 12.3 Å². The highest BCUT2D eigenvalue weighted by atomic mass is 16.5. The second kappa shape index (κ2) is 8.20. The van der Waals surface area contributed by atoms with Crippen molar-refractivity contribution in [1.29, 1.82) is 0 Å². The summed E-state index contributed by atoms with van der Waals surface area (Å²) < 4.78 is 5.81. The van der Waals surface area contributed by atoms with Crippen LogP contribution in [0.1, 0.15) is 12.5 Å². The monoisotopic (exact) mass is 298 g/mol. The van der Waals surface area contributed by atoms with Crippen LogP contribution in [-0.4, -0.2) is 19.1 Å². The van der Waals surface area contributed by atoms with Crippen LogP contribution in [0.15, 0.2) is 54.6 Å². The zero-order chi connectivity index (χ0) is 15.8. The van der Waals surface area contributed by atoms with Gasteiger partial charge in [-0.1, -0.05) is 49.4 Å². The smallest absolute Gasteiger partial charge is 0.228 e. The van der Waals surface area contributed by atoms with Crippen molar-refractivity contribution in [2.75, 3.05) is 18.5 Å². The van der Waals surface area contributed by atoms with E-state index in [-0.39, 0.29) is 11.8 Å². The molecule has 0 fully saturated rings. The van der Waals surface area contributed by atoms with E-state index in [0.717, 1.165) is 6.42 Å². The number of hydrogen-bond donors (Lipinski definition) is 2. The van der Waals surface area contributed by atoms with Gasteiger partial charge < -0.3 is 15.8 Å². The van der Waals surface area contributed by atoms with Crippen LogP contribution in [0.3, 0.4) is 0 Å². The molecule has 4 heteroatoms.